The van der Waals surface area contributed by atoms with Crippen molar-refractivity contribution in [2.75, 3.05) is 26.8 Å². The van der Waals surface area contributed by atoms with Gasteiger partial charge in [-0.1, -0.05) is 6.07 Å². The highest BCUT2D eigenvalue weighted by Crippen LogP contribution is 2.19. The Bertz CT molecular complexity index is 377. The lowest BCUT2D eigenvalue weighted by molar-refractivity contribution is 0.106. The molecule has 1 aromatic rings. The zero-order valence-electron chi connectivity index (χ0n) is 11.7. The van der Waals surface area contributed by atoms with Crippen LogP contribution in [0.15, 0.2) is 24.3 Å². The Labute approximate surface area is 115 Å². The van der Waals surface area contributed by atoms with Gasteiger partial charge >= 0.3 is 0 Å². The van der Waals surface area contributed by atoms with Crippen LogP contribution in [-0.2, 0) is 4.74 Å². The molecule has 2 unspecified atom stereocenters. The molecule has 0 saturated carbocycles. The first-order valence-electron chi connectivity index (χ1n) is 6.91. The molecule has 1 aliphatic heterocycles. The van der Waals surface area contributed by atoms with Crippen LogP contribution < -0.4 is 14.8 Å². The van der Waals surface area contributed by atoms with E-state index in [0.29, 0.717) is 6.10 Å². The maximum Gasteiger partial charge on any atom is 0.123 e. The van der Waals surface area contributed by atoms with Crippen molar-refractivity contribution in [3.63, 3.8) is 0 Å². The van der Waals surface area contributed by atoms with Gasteiger partial charge in [-0.15, -0.1) is 0 Å². The molecule has 4 nitrogen and oxygen atoms in total. The van der Waals surface area contributed by atoms with E-state index in [0.717, 1.165) is 37.6 Å². The maximum atomic E-state index is 5.84. The molecule has 0 amide bonds. The molecule has 2 rings (SSSR count). The van der Waals surface area contributed by atoms with E-state index in [1.165, 1.54) is 6.42 Å². The fourth-order valence-electron chi connectivity index (χ4n) is 2.20. The lowest BCUT2D eigenvalue weighted by Crippen LogP contribution is -2.34. The normalized spacial score (nSPS) is 20.2. The zero-order chi connectivity index (χ0) is 13.5. The van der Waals surface area contributed by atoms with Crippen LogP contribution in [0, 0.1) is 0 Å². The number of ether oxygens (including phenoxy) is 3. The van der Waals surface area contributed by atoms with Gasteiger partial charge in [-0.3, -0.25) is 0 Å². The van der Waals surface area contributed by atoms with Crippen LogP contribution in [0.2, 0.25) is 0 Å². The minimum atomic E-state index is 0.119. The summed E-state index contributed by atoms with van der Waals surface area (Å²) in [6, 6.07) is 7.68. The minimum absolute atomic E-state index is 0.119. The Morgan fingerprint density at radius 2 is 2.26 bits per heavy atom. The van der Waals surface area contributed by atoms with Gasteiger partial charge in [-0.25, -0.2) is 0 Å². The van der Waals surface area contributed by atoms with E-state index in [-0.39, 0.29) is 6.10 Å². The van der Waals surface area contributed by atoms with Gasteiger partial charge in [0.15, 0.2) is 0 Å². The minimum Gasteiger partial charge on any atom is -0.497 e. The van der Waals surface area contributed by atoms with Crippen LogP contribution in [0.25, 0.3) is 0 Å². The van der Waals surface area contributed by atoms with E-state index in [1.807, 2.05) is 24.3 Å². The van der Waals surface area contributed by atoms with Crippen LogP contribution in [0.1, 0.15) is 19.8 Å². The van der Waals surface area contributed by atoms with Crippen molar-refractivity contribution in [1.82, 2.24) is 5.32 Å². The summed E-state index contributed by atoms with van der Waals surface area (Å²) in [7, 11) is 1.66. The number of hydrogen-bond donors (Lipinski definition) is 1. The lowest BCUT2D eigenvalue weighted by Gasteiger charge is -2.17. The van der Waals surface area contributed by atoms with E-state index in [1.54, 1.807) is 7.11 Å². The molecule has 0 bridgehead atoms. The first-order chi connectivity index (χ1) is 9.28. The summed E-state index contributed by atoms with van der Waals surface area (Å²) in [5.74, 6) is 1.66. The molecule has 0 aliphatic carbocycles. The molecule has 1 aliphatic rings. The highest BCUT2D eigenvalue weighted by molar-refractivity contribution is 5.32. The third kappa shape index (κ3) is 4.73. The van der Waals surface area contributed by atoms with E-state index < -0.39 is 0 Å². The van der Waals surface area contributed by atoms with Crippen LogP contribution in [0.5, 0.6) is 11.5 Å². The smallest absolute Gasteiger partial charge is 0.123 e. The highest BCUT2D eigenvalue weighted by atomic mass is 16.5. The summed E-state index contributed by atoms with van der Waals surface area (Å²) in [6.07, 6.45) is 2.85. The second kappa shape index (κ2) is 7.36. The summed E-state index contributed by atoms with van der Waals surface area (Å²) in [5, 5.41) is 3.39. The van der Waals surface area contributed by atoms with Crippen molar-refractivity contribution >= 4 is 0 Å². The molecule has 106 valence electrons. The van der Waals surface area contributed by atoms with Crippen molar-refractivity contribution < 1.29 is 14.2 Å². The van der Waals surface area contributed by atoms with Gasteiger partial charge in [0.25, 0.3) is 0 Å². The van der Waals surface area contributed by atoms with Crippen molar-refractivity contribution in [3.05, 3.63) is 24.3 Å². The summed E-state index contributed by atoms with van der Waals surface area (Å²) < 4.78 is 16.6. The van der Waals surface area contributed by atoms with Crippen molar-refractivity contribution in [3.8, 4) is 11.5 Å². The largest absolute Gasteiger partial charge is 0.497 e. The van der Waals surface area contributed by atoms with Crippen molar-refractivity contribution in [2.24, 2.45) is 0 Å². The van der Waals surface area contributed by atoms with E-state index in [9.17, 15) is 0 Å². The van der Waals surface area contributed by atoms with Crippen LogP contribution >= 0.6 is 0 Å². The Kier molecular flexibility index (Phi) is 5.48. The van der Waals surface area contributed by atoms with E-state index in [2.05, 4.69) is 12.2 Å². The Hall–Kier alpha value is -1.26. The van der Waals surface area contributed by atoms with Crippen LogP contribution in [0.3, 0.4) is 0 Å². The molecule has 0 radical (unpaired) electrons. The monoisotopic (exact) mass is 265 g/mol. The van der Waals surface area contributed by atoms with Crippen LogP contribution in [0.4, 0.5) is 0 Å². The molecule has 4 heteroatoms. The van der Waals surface area contributed by atoms with Gasteiger partial charge < -0.3 is 19.5 Å². The highest BCUT2D eigenvalue weighted by Gasteiger charge is 2.15. The van der Waals surface area contributed by atoms with Gasteiger partial charge in [0.05, 0.1) is 13.2 Å². The van der Waals surface area contributed by atoms with Crippen molar-refractivity contribution in [2.45, 2.75) is 32.0 Å². The molecule has 0 spiro atoms. The predicted octanol–water partition coefficient (Wildman–Crippen LogP) is 2.23. The summed E-state index contributed by atoms with van der Waals surface area (Å²) in [6.45, 7) is 4.69. The SMILES string of the molecule is COc1cccc(OC(C)CNCC2CCCO2)c1. The average Bonchev–Trinajstić information content (AvgIpc) is 2.92. The number of rotatable bonds is 7. The van der Waals surface area contributed by atoms with Crippen LogP contribution in [-0.4, -0.2) is 39.0 Å². The molecular weight excluding hydrogens is 242 g/mol. The second-order valence-corrected chi connectivity index (χ2v) is 4.90. The van der Waals surface area contributed by atoms with Crippen molar-refractivity contribution in [1.29, 1.82) is 0 Å². The number of benzene rings is 1. The van der Waals surface area contributed by atoms with Gasteiger partial charge in [0.2, 0.25) is 0 Å². The Morgan fingerprint density at radius 1 is 1.42 bits per heavy atom. The van der Waals surface area contributed by atoms with Gasteiger partial charge in [-0.05, 0) is 31.9 Å². The number of methoxy groups -OCH3 is 1. The lowest BCUT2D eigenvalue weighted by atomic mass is 10.2. The molecule has 2 atom stereocenters. The fraction of sp³-hybridized carbons (Fsp3) is 0.600. The Morgan fingerprint density at radius 3 is 3.00 bits per heavy atom. The molecular formula is C15H23NO3. The predicted molar refractivity (Wildman–Crippen MR) is 74.9 cm³/mol. The summed E-state index contributed by atoms with van der Waals surface area (Å²) >= 11 is 0. The quantitative estimate of drug-likeness (QED) is 0.820. The fourth-order valence-corrected chi connectivity index (χ4v) is 2.20. The van der Waals surface area contributed by atoms with Gasteiger partial charge in [-0.2, -0.15) is 0 Å². The molecule has 1 fully saturated rings. The average molecular weight is 265 g/mol. The number of nitrogens with one attached hydrogen (secondary N) is 1. The standard InChI is InChI=1S/C15H23NO3/c1-12(10-16-11-15-7-4-8-18-15)19-14-6-3-5-13(9-14)17-2/h3,5-6,9,12,15-16H,4,7-8,10-11H2,1-2H3. The zero-order valence-corrected chi connectivity index (χ0v) is 11.7. The van der Waals surface area contributed by atoms with E-state index in [4.69, 9.17) is 14.2 Å². The molecule has 1 aromatic carbocycles. The Balaban J connectivity index is 1.69. The molecule has 19 heavy (non-hydrogen) atoms. The molecule has 1 N–H and O–H groups in total. The number of hydrogen-bond acceptors (Lipinski definition) is 4. The third-order valence-electron chi connectivity index (χ3n) is 3.21. The molecule has 1 heterocycles. The second-order valence-electron chi connectivity index (χ2n) is 4.90. The first kappa shape index (κ1) is 14.2. The van der Waals surface area contributed by atoms with E-state index >= 15 is 0 Å². The maximum absolute atomic E-state index is 5.84. The summed E-state index contributed by atoms with van der Waals surface area (Å²) in [5.41, 5.74) is 0. The molecule has 0 aromatic heterocycles. The summed E-state index contributed by atoms with van der Waals surface area (Å²) in [4.78, 5) is 0. The molecule has 1 saturated heterocycles. The third-order valence-corrected chi connectivity index (χ3v) is 3.21. The van der Waals surface area contributed by atoms with Gasteiger partial charge in [0.1, 0.15) is 17.6 Å². The van der Waals surface area contributed by atoms with Gasteiger partial charge in [0, 0.05) is 25.8 Å². The topological polar surface area (TPSA) is 39.7 Å². The first-order valence-corrected chi connectivity index (χ1v) is 6.91.